The van der Waals surface area contributed by atoms with Crippen molar-refractivity contribution in [1.82, 2.24) is 0 Å². The standard InChI is InChI=1S/C12H26O4S.C12H10/c1-2-3-4-5-6-7-8-9-10-11-12-16-17(13,14)15;1-3-7-11(8-4-1)12-9-5-2-6-10-12/h2-12H2,1H3,(H,13,14,15);1-10H. The Morgan fingerprint density at radius 2 is 1.03 bits per heavy atom. The predicted octanol–water partition coefficient (Wildman–Crippen LogP) is 7.08. The molecule has 162 valence electrons. The van der Waals surface area contributed by atoms with Crippen LogP contribution in [0.2, 0.25) is 0 Å². The molecule has 29 heavy (non-hydrogen) atoms. The first-order chi connectivity index (χ1) is 14.0. The molecule has 5 heteroatoms. The van der Waals surface area contributed by atoms with E-state index in [2.05, 4.69) is 59.6 Å². The number of hydrogen-bond acceptors (Lipinski definition) is 3. The summed E-state index contributed by atoms with van der Waals surface area (Å²) in [5, 5.41) is 0. The highest BCUT2D eigenvalue weighted by Crippen LogP contribution is 2.17. The summed E-state index contributed by atoms with van der Waals surface area (Å²) in [5.74, 6) is 0. The zero-order valence-corrected chi connectivity index (χ0v) is 18.4. The van der Waals surface area contributed by atoms with Crippen LogP contribution in [0.1, 0.15) is 71.1 Å². The zero-order chi connectivity index (χ0) is 21.2. The van der Waals surface area contributed by atoms with E-state index in [0.717, 1.165) is 12.8 Å². The first kappa shape index (κ1) is 25.3. The number of benzene rings is 2. The third kappa shape index (κ3) is 14.9. The van der Waals surface area contributed by atoms with Gasteiger partial charge in [0.2, 0.25) is 0 Å². The molecule has 0 aliphatic rings. The predicted molar refractivity (Wildman–Crippen MR) is 121 cm³/mol. The lowest BCUT2D eigenvalue weighted by Gasteiger charge is -2.02. The number of rotatable bonds is 13. The second-order valence-corrected chi connectivity index (χ2v) is 8.25. The summed E-state index contributed by atoms with van der Waals surface area (Å²) in [6.07, 6.45) is 11.9. The van der Waals surface area contributed by atoms with Crippen LogP contribution < -0.4 is 0 Å². The fourth-order valence-corrected chi connectivity index (χ4v) is 3.34. The molecule has 0 heterocycles. The fourth-order valence-electron chi connectivity index (χ4n) is 3.01. The minimum atomic E-state index is -4.23. The van der Waals surface area contributed by atoms with E-state index in [4.69, 9.17) is 4.55 Å². The van der Waals surface area contributed by atoms with Crippen molar-refractivity contribution in [2.75, 3.05) is 6.61 Å². The zero-order valence-electron chi connectivity index (χ0n) is 17.6. The van der Waals surface area contributed by atoms with Gasteiger partial charge in [0.15, 0.2) is 0 Å². The molecule has 0 spiro atoms. The molecular formula is C24H36O4S. The summed E-state index contributed by atoms with van der Waals surface area (Å²) >= 11 is 0. The third-order valence-corrected chi connectivity index (χ3v) is 5.08. The van der Waals surface area contributed by atoms with Crippen molar-refractivity contribution in [3.05, 3.63) is 60.7 Å². The van der Waals surface area contributed by atoms with Crippen molar-refractivity contribution in [3.63, 3.8) is 0 Å². The summed E-state index contributed by atoms with van der Waals surface area (Å²) in [4.78, 5) is 0. The second kappa shape index (κ2) is 16.1. The van der Waals surface area contributed by atoms with Gasteiger partial charge in [-0.3, -0.25) is 4.55 Å². The Labute approximate surface area is 177 Å². The largest absolute Gasteiger partial charge is 0.397 e. The van der Waals surface area contributed by atoms with Crippen molar-refractivity contribution in [1.29, 1.82) is 0 Å². The van der Waals surface area contributed by atoms with E-state index < -0.39 is 10.4 Å². The van der Waals surface area contributed by atoms with Gasteiger partial charge < -0.3 is 0 Å². The van der Waals surface area contributed by atoms with Gasteiger partial charge in [0.25, 0.3) is 0 Å². The Balaban J connectivity index is 0.000000304. The van der Waals surface area contributed by atoms with Gasteiger partial charge in [-0.15, -0.1) is 0 Å². The Kier molecular flexibility index (Phi) is 14.1. The minimum absolute atomic E-state index is 0.0926. The molecule has 0 radical (unpaired) electrons. The molecule has 4 nitrogen and oxygen atoms in total. The molecule has 0 aliphatic carbocycles. The van der Waals surface area contributed by atoms with Crippen LogP contribution in [-0.2, 0) is 14.6 Å². The monoisotopic (exact) mass is 420 g/mol. The molecule has 1 N–H and O–H groups in total. The average molecular weight is 421 g/mol. The van der Waals surface area contributed by atoms with Gasteiger partial charge >= 0.3 is 10.4 Å². The molecule has 2 aromatic carbocycles. The first-order valence-electron chi connectivity index (χ1n) is 10.7. The molecule has 0 atom stereocenters. The van der Waals surface area contributed by atoms with E-state index in [1.165, 1.54) is 56.1 Å². The lowest BCUT2D eigenvalue weighted by Crippen LogP contribution is -2.04. The molecule has 0 saturated heterocycles. The first-order valence-corrected chi connectivity index (χ1v) is 12.1. The van der Waals surface area contributed by atoms with Crippen LogP contribution in [0.3, 0.4) is 0 Å². The molecule has 0 aromatic heterocycles. The topological polar surface area (TPSA) is 63.6 Å². The van der Waals surface area contributed by atoms with Gasteiger partial charge in [0, 0.05) is 0 Å². The van der Waals surface area contributed by atoms with E-state index in [-0.39, 0.29) is 6.61 Å². The Morgan fingerprint density at radius 3 is 1.41 bits per heavy atom. The van der Waals surface area contributed by atoms with E-state index in [1.54, 1.807) is 0 Å². The van der Waals surface area contributed by atoms with Crippen molar-refractivity contribution in [2.24, 2.45) is 0 Å². The van der Waals surface area contributed by atoms with Crippen LogP contribution in [0.4, 0.5) is 0 Å². The normalized spacial score (nSPS) is 11.0. The van der Waals surface area contributed by atoms with Gasteiger partial charge in [0.05, 0.1) is 6.61 Å². The maximum atomic E-state index is 10.2. The van der Waals surface area contributed by atoms with Crippen LogP contribution in [-0.4, -0.2) is 19.6 Å². The van der Waals surface area contributed by atoms with E-state index in [1.807, 2.05) is 12.1 Å². The maximum Gasteiger partial charge on any atom is 0.397 e. The van der Waals surface area contributed by atoms with Crippen molar-refractivity contribution >= 4 is 10.4 Å². The van der Waals surface area contributed by atoms with Crippen LogP contribution in [0.15, 0.2) is 60.7 Å². The molecular weight excluding hydrogens is 384 g/mol. The molecule has 0 unspecified atom stereocenters. The molecule has 0 fully saturated rings. The van der Waals surface area contributed by atoms with Gasteiger partial charge in [-0.05, 0) is 17.5 Å². The highest BCUT2D eigenvalue weighted by Gasteiger charge is 2.02. The molecule has 0 bridgehead atoms. The van der Waals surface area contributed by atoms with Gasteiger partial charge in [-0.2, -0.15) is 8.42 Å². The highest BCUT2D eigenvalue weighted by molar-refractivity contribution is 7.80. The molecule has 2 rings (SSSR count). The summed E-state index contributed by atoms with van der Waals surface area (Å²) < 4.78 is 33.0. The Morgan fingerprint density at radius 1 is 0.655 bits per heavy atom. The van der Waals surface area contributed by atoms with E-state index in [0.29, 0.717) is 6.42 Å². The molecule has 0 amide bonds. The van der Waals surface area contributed by atoms with Crippen molar-refractivity contribution in [3.8, 4) is 11.1 Å². The van der Waals surface area contributed by atoms with Crippen molar-refractivity contribution in [2.45, 2.75) is 71.1 Å². The second-order valence-electron chi connectivity index (χ2n) is 7.16. The lowest BCUT2D eigenvalue weighted by atomic mass is 10.1. The van der Waals surface area contributed by atoms with Gasteiger partial charge in [-0.1, -0.05) is 125 Å². The maximum absolute atomic E-state index is 10.2. The van der Waals surface area contributed by atoms with Crippen molar-refractivity contribution < 1.29 is 17.2 Å². The van der Waals surface area contributed by atoms with Gasteiger partial charge in [0.1, 0.15) is 0 Å². The van der Waals surface area contributed by atoms with Crippen LogP contribution >= 0.6 is 0 Å². The molecule has 0 saturated carbocycles. The molecule has 0 aliphatic heterocycles. The molecule has 2 aromatic rings. The summed E-state index contributed by atoms with van der Waals surface area (Å²) in [6.45, 7) is 2.31. The van der Waals surface area contributed by atoms with Crippen LogP contribution in [0, 0.1) is 0 Å². The Hall–Kier alpha value is -1.69. The smallest absolute Gasteiger partial charge is 0.264 e. The van der Waals surface area contributed by atoms with E-state index in [9.17, 15) is 8.42 Å². The number of hydrogen-bond donors (Lipinski definition) is 1. The lowest BCUT2D eigenvalue weighted by molar-refractivity contribution is 0.261. The summed E-state index contributed by atoms with van der Waals surface area (Å²) in [6, 6.07) is 20.8. The van der Waals surface area contributed by atoms with Gasteiger partial charge in [-0.25, -0.2) is 4.18 Å². The Bertz CT molecular complexity index is 678. The third-order valence-electron chi connectivity index (χ3n) is 4.61. The quantitative estimate of drug-likeness (QED) is 0.278. The summed E-state index contributed by atoms with van der Waals surface area (Å²) in [5.41, 5.74) is 2.55. The van der Waals surface area contributed by atoms with E-state index >= 15 is 0 Å². The number of unbranched alkanes of at least 4 members (excludes halogenated alkanes) is 9. The fraction of sp³-hybridized carbons (Fsp3) is 0.500. The minimum Gasteiger partial charge on any atom is -0.264 e. The van der Waals surface area contributed by atoms with Crippen LogP contribution in [0.25, 0.3) is 11.1 Å². The summed E-state index contributed by atoms with van der Waals surface area (Å²) in [7, 11) is -4.23. The van der Waals surface area contributed by atoms with Crippen LogP contribution in [0.5, 0.6) is 0 Å². The SMILES string of the molecule is CCCCCCCCCCCCOS(=O)(=O)O.c1ccc(-c2ccccc2)cc1. The highest BCUT2D eigenvalue weighted by atomic mass is 32.3. The average Bonchev–Trinajstić information content (AvgIpc) is 2.73.